The third-order valence-corrected chi connectivity index (χ3v) is 3.39. The lowest BCUT2D eigenvalue weighted by Crippen LogP contribution is -1.92. The van der Waals surface area contributed by atoms with Crippen LogP contribution in [0.15, 0.2) is 57.4 Å². The fraction of sp³-hybridized carbons (Fsp3) is 0.0667. The number of halogens is 1. The lowest BCUT2D eigenvalue weighted by Gasteiger charge is -2.03. The summed E-state index contributed by atoms with van der Waals surface area (Å²) in [5.74, 6) is 1.67. The van der Waals surface area contributed by atoms with Gasteiger partial charge >= 0.3 is 0 Å². The molecule has 0 atom stereocenters. The Kier molecular flexibility index (Phi) is 3.17. The summed E-state index contributed by atoms with van der Waals surface area (Å²) in [5, 5.41) is 10.2. The minimum absolute atomic E-state index is 0.222. The summed E-state index contributed by atoms with van der Waals surface area (Å²) in [6, 6.07) is 14.5. The van der Waals surface area contributed by atoms with Gasteiger partial charge < -0.3 is 14.3 Å². The number of hydrogen-bond donors (Lipinski definition) is 1. The topological polar surface area (TPSA) is 42.6 Å². The van der Waals surface area contributed by atoms with Gasteiger partial charge in [-0.1, -0.05) is 12.1 Å². The van der Waals surface area contributed by atoms with Gasteiger partial charge in [-0.2, -0.15) is 0 Å². The first-order valence-electron chi connectivity index (χ1n) is 5.81. The number of hydrogen-bond acceptors (Lipinski definition) is 3. The molecule has 0 aliphatic heterocycles. The highest BCUT2D eigenvalue weighted by molar-refractivity contribution is 9.10. The molecule has 0 spiro atoms. The van der Waals surface area contributed by atoms with Crippen LogP contribution < -0.4 is 4.74 Å². The van der Waals surface area contributed by atoms with Crippen LogP contribution in [-0.4, -0.2) is 5.11 Å². The number of fused-ring (bicyclic) bond motifs is 1. The van der Waals surface area contributed by atoms with Gasteiger partial charge in [-0.3, -0.25) is 0 Å². The maximum absolute atomic E-state index is 9.19. The van der Waals surface area contributed by atoms with Crippen LogP contribution in [0, 0.1) is 0 Å². The van der Waals surface area contributed by atoms with Gasteiger partial charge in [0.25, 0.3) is 0 Å². The zero-order chi connectivity index (χ0) is 13.2. The average Bonchev–Trinajstić information content (AvgIpc) is 2.83. The maximum atomic E-state index is 9.19. The number of phenols is 1. The quantitative estimate of drug-likeness (QED) is 0.774. The monoisotopic (exact) mass is 318 g/mol. The van der Waals surface area contributed by atoms with Crippen LogP contribution in [0.1, 0.15) is 5.76 Å². The maximum Gasteiger partial charge on any atom is 0.148 e. The molecule has 2 aromatic carbocycles. The molecular weight excluding hydrogens is 308 g/mol. The molecule has 0 unspecified atom stereocenters. The number of ether oxygens (including phenoxy) is 1. The molecule has 0 aliphatic rings. The predicted molar refractivity (Wildman–Crippen MR) is 76.4 cm³/mol. The van der Waals surface area contributed by atoms with Crippen molar-refractivity contribution in [3.8, 4) is 11.5 Å². The van der Waals surface area contributed by atoms with E-state index in [1.54, 1.807) is 24.3 Å². The first-order chi connectivity index (χ1) is 9.22. The molecule has 3 nitrogen and oxygen atoms in total. The van der Waals surface area contributed by atoms with Crippen LogP contribution in [0.2, 0.25) is 0 Å². The van der Waals surface area contributed by atoms with E-state index < -0.39 is 0 Å². The van der Waals surface area contributed by atoms with Gasteiger partial charge in [0.1, 0.15) is 29.4 Å². The van der Waals surface area contributed by atoms with Crippen LogP contribution in [0.5, 0.6) is 11.5 Å². The number of para-hydroxylation sites is 1. The Morgan fingerprint density at radius 1 is 1.11 bits per heavy atom. The van der Waals surface area contributed by atoms with E-state index in [4.69, 9.17) is 9.15 Å². The summed E-state index contributed by atoms with van der Waals surface area (Å²) in [6.07, 6.45) is 0. The van der Waals surface area contributed by atoms with Crippen molar-refractivity contribution in [1.29, 1.82) is 0 Å². The van der Waals surface area contributed by atoms with Crippen LogP contribution in [-0.2, 0) is 6.61 Å². The molecule has 1 N–H and O–H groups in total. The lowest BCUT2D eigenvalue weighted by molar-refractivity contribution is 0.274. The van der Waals surface area contributed by atoms with E-state index in [2.05, 4.69) is 15.9 Å². The van der Waals surface area contributed by atoms with E-state index in [-0.39, 0.29) is 5.75 Å². The second kappa shape index (κ2) is 4.97. The van der Waals surface area contributed by atoms with Gasteiger partial charge in [-0.25, -0.2) is 0 Å². The predicted octanol–water partition coefficient (Wildman–Crippen LogP) is 4.48. The Hall–Kier alpha value is -1.94. The molecule has 1 aromatic heterocycles. The van der Waals surface area contributed by atoms with Gasteiger partial charge in [0.2, 0.25) is 0 Å². The minimum atomic E-state index is 0.222. The number of furan rings is 1. The van der Waals surface area contributed by atoms with Crippen LogP contribution in [0.25, 0.3) is 11.0 Å². The van der Waals surface area contributed by atoms with Crippen LogP contribution >= 0.6 is 15.9 Å². The summed E-state index contributed by atoms with van der Waals surface area (Å²) in [5.41, 5.74) is 0.826. The van der Waals surface area contributed by atoms with Crippen molar-refractivity contribution in [2.45, 2.75) is 6.61 Å². The van der Waals surface area contributed by atoms with Crippen molar-refractivity contribution >= 4 is 26.9 Å². The van der Waals surface area contributed by atoms with Crippen LogP contribution in [0.3, 0.4) is 0 Å². The van der Waals surface area contributed by atoms with Gasteiger partial charge in [-0.15, -0.1) is 0 Å². The molecule has 96 valence electrons. The van der Waals surface area contributed by atoms with E-state index in [1.165, 1.54) is 0 Å². The molecule has 0 bridgehead atoms. The van der Waals surface area contributed by atoms with E-state index >= 15 is 0 Å². The van der Waals surface area contributed by atoms with Crippen LogP contribution in [0.4, 0.5) is 0 Å². The Bertz CT molecular complexity index is 701. The molecular formula is C15H11BrO3. The summed E-state index contributed by atoms with van der Waals surface area (Å²) in [4.78, 5) is 0. The van der Waals surface area contributed by atoms with Crippen molar-refractivity contribution in [1.82, 2.24) is 0 Å². The Balaban J connectivity index is 1.78. The fourth-order valence-corrected chi connectivity index (χ4v) is 2.31. The molecule has 3 rings (SSSR count). The SMILES string of the molecule is Oc1ccc(OCc2cc3cccc(Br)c3o2)cc1. The van der Waals surface area contributed by atoms with Crippen molar-refractivity contribution in [2.75, 3.05) is 0 Å². The van der Waals surface area contributed by atoms with Crippen molar-refractivity contribution < 1.29 is 14.3 Å². The Labute approximate surface area is 118 Å². The molecule has 0 saturated heterocycles. The largest absolute Gasteiger partial charge is 0.508 e. The van der Waals surface area contributed by atoms with E-state index in [0.717, 1.165) is 21.2 Å². The fourth-order valence-electron chi connectivity index (χ4n) is 1.85. The number of aromatic hydroxyl groups is 1. The zero-order valence-corrected chi connectivity index (χ0v) is 11.6. The molecule has 19 heavy (non-hydrogen) atoms. The first-order valence-corrected chi connectivity index (χ1v) is 6.60. The number of phenolic OH excluding ortho intramolecular Hbond substituents is 1. The number of benzene rings is 2. The molecule has 0 fully saturated rings. The van der Waals surface area contributed by atoms with Crippen molar-refractivity contribution in [3.63, 3.8) is 0 Å². The van der Waals surface area contributed by atoms with Crippen molar-refractivity contribution in [3.05, 3.63) is 58.8 Å². The average molecular weight is 319 g/mol. The van der Waals surface area contributed by atoms with Gasteiger partial charge in [0.05, 0.1) is 4.47 Å². The van der Waals surface area contributed by atoms with Gasteiger partial charge in [-0.05, 0) is 52.3 Å². The minimum Gasteiger partial charge on any atom is -0.508 e. The molecule has 0 aliphatic carbocycles. The Morgan fingerprint density at radius 3 is 2.63 bits per heavy atom. The highest BCUT2D eigenvalue weighted by Gasteiger charge is 2.07. The third kappa shape index (κ3) is 2.58. The highest BCUT2D eigenvalue weighted by atomic mass is 79.9. The Morgan fingerprint density at radius 2 is 1.89 bits per heavy atom. The van der Waals surface area contributed by atoms with E-state index in [1.807, 2.05) is 24.3 Å². The molecule has 0 amide bonds. The smallest absolute Gasteiger partial charge is 0.148 e. The van der Waals surface area contributed by atoms with E-state index in [9.17, 15) is 5.11 Å². The highest BCUT2D eigenvalue weighted by Crippen LogP contribution is 2.27. The molecule has 0 radical (unpaired) electrons. The van der Waals surface area contributed by atoms with Gasteiger partial charge in [0, 0.05) is 5.39 Å². The van der Waals surface area contributed by atoms with Crippen molar-refractivity contribution in [2.24, 2.45) is 0 Å². The summed E-state index contributed by atoms with van der Waals surface area (Å²) in [6.45, 7) is 0.353. The van der Waals surface area contributed by atoms with E-state index in [0.29, 0.717) is 12.4 Å². The summed E-state index contributed by atoms with van der Waals surface area (Å²) < 4.78 is 12.3. The molecule has 3 aromatic rings. The second-order valence-electron chi connectivity index (χ2n) is 4.15. The number of rotatable bonds is 3. The third-order valence-electron chi connectivity index (χ3n) is 2.76. The molecule has 0 saturated carbocycles. The standard InChI is InChI=1S/C15H11BrO3/c16-14-3-1-2-10-8-13(19-15(10)14)9-18-12-6-4-11(17)5-7-12/h1-8,17H,9H2. The lowest BCUT2D eigenvalue weighted by atomic mass is 10.2. The first kappa shape index (κ1) is 12.1. The summed E-state index contributed by atoms with van der Waals surface area (Å²) >= 11 is 3.45. The van der Waals surface area contributed by atoms with Gasteiger partial charge in [0.15, 0.2) is 0 Å². The second-order valence-corrected chi connectivity index (χ2v) is 5.01. The summed E-state index contributed by atoms with van der Waals surface area (Å²) in [7, 11) is 0. The zero-order valence-electron chi connectivity index (χ0n) is 9.97. The normalized spacial score (nSPS) is 10.8. The molecule has 1 heterocycles. The molecule has 4 heteroatoms.